The molecule has 1 aliphatic heterocycles. The summed E-state index contributed by atoms with van der Waals surface area (Å²) in [5.41, 5.74) is 0.634. The van der Waals surface area contributed by atoms with E-state index in [1.807, 2.05) is 6.19 Å². The van der Waals surface area contributed by atoms with Crippen LogP contribution in [0.25, 0.3) is 33.1 Å². The molecular weight excluding hydrogens is 486 g/mol. The Bertz CT molecular complexity index is 1630. The molecule has 1 N–H and O–H groups in total. The normalized spacial score (nSPS) is 17.5. The Labute approximate surface area is 206 Å². The molecule has 0 unspecified atom stereocenters. The van der Waals surface area contributed by atoms with Gasteiger partial charge >= 0.3 is 0 Å². The number of pyridine rings is 1. The lowest BCUT2D eigenvalue weighted by atomic mass is 10.0. The van der Waals surface area contributed by atoms with Crippen LogP contribution in [-0.2, 0) is 10.0 Å². The maximum Gasteiger partial charge on any atom is 0.216 e. The van der Waals surface area contributed by atoms with Crippen molar-refractivity contribution in [3.8, 4) is 17.5 Å². The number of rotatable bonds is 5. The molecule has 0 amide bonds. The van der Waals surface area contributed by atoms with Gasteiger partial charge in [-0.05, 0) is 37.8 Å². The van der Waals surface area contributed by atoms with Crippen molar-refractivity contribution >= 4 is 37.6 Å². The Balaban J connectivity index is 1.42. The number of nitrogens with zero attached hydrogens (tertiary/aromatic N) is 5. The van der Waals surface area contributed by atoms with E-state index in [4.69, 9.17) is 0 Å². The third-order valence-corrected chi connectivity index (χ3v) is 9.31. The molecule has 2 aromatic carbocycles. The highest BCUT2D eigenvalue weighted by molar-refractivity contribution is 7.90. The number of sulfonamides is 1. The zero-order valence-corrected chi connectivity index (χ0v) is 20.0. The topological polar surface area (TPSA) is 104 Å². The maximum absolute atomic E-state index is 14.8. The molecule has 36 heavy (non-hydrogen) atoms. The number of hydrogen-bond acceptors (Lipinski definition) is 6. The smallest absolute Gasteiger partial charge is 0.216 e. The number of fused-ring (bicyclic) bond motifs is 3. The van der Waals surface area contributed by atoms with Crippen LogP contribution in [0.2, 0.25) is 0 Å². The second-order valence-corrected chi connectivity index (χ2v) is 11.4. The van der Waals surface area contributed by atoms with Crippen LogP contribution in [0, 0.1) is 23.1 Å². The number of piperidine rings is 1. The third-order valence-electron chi connectivity index (χ3n) is 6.92. The summed E-state index contributed by atoms with van der Waals surface area (Å²) < 4.78 is 57.4. The summed E-state index contributed by atoms with van der Waals surface area (Å²) in [7, 11) is -3.23. The number of benzene rings is 2. The van der Waals surface area contributed by atoms with E-state index in [1.54, 1.807) is 28.6 Å². The largest absolute Gasteiger partial charge is 0.364 e. The molecule has 4 aromatic rings. The molecule has 0 radical (unpaired) electrons. The molecule has 8 nitrogen and oxygen atoms in total. The summed E-state index contributed by atoms with van der Waals surface area (Å²) in [6.45, 7) is 0.797. The maximum atomic E-state index is 14.8. The third kappa shape index (κ3) is 3.68. The van der Waals surface area contributed by atoms with Gasteiger partial charge in [0.25, 0.3) is 0 Å². The molecule has 0 atom stereocenters. The van der Waals surface area contributed by atoms with E-state index >= 15 is 0 Å². The summed E-state index contributed by atoms with van der Waals surface area (Å²) in [5.74, 6) is -1.16. The van der Waals surface area contributed by atoms with Crippen LogP contribution in [0.3, 0.4) is 0 Å². The first-order chi connectivity index (χ1) is 17.4. The number of hydrogen-bond donors (Lipinski definition) is 1. The van der Waals surface area contributed by atoms with Gasteiger partial charge in [0, 0.05) is 29.9 Å². The molecule has 3 heterocycles. The molecule has 2 aliphatic rings. The van der Waals surface area contributed by atoms with Crippen molar-refractivity contribution in [2.75, 3.05) is 18.4 Å². The zero-order chi connectivity index (χ0) is 25.0. The predicted octanol–water partition coefficient (Wildman–Crippen LogP) is 4.23. The summed E-state index contributed by atoms with van der Waals surface area (Å²) in [6, 6.07) is 10.6. The molecule has 0 bridgehead atoms. The van der Waals surface area contributed by atoms with Gasteiger partial charge in [0.2, 0.25) is 16.2 Å². The van der Waals surface area contributed by atoms with Gasteiger partial charge in [-0.3, -0.25) is 0 Å². The Morgan fingerprint density at radius 2 is 1.64 bits per heavy atom. The number of aromatic nitrogens is 3. The molecule has 2 aromatic heterocycles. The lowest BCUT2D eigenvalue weighted by Gasteiger charge is -2.31. The van der Waals surface area contributed by atoms with E-state index in [0.717, 1.165) is 17.5 Å². The quantitative estimate of drug-likeness (QED) is 0.433. The second-order valence-electron chi connectivity index (χ2n) is 9.22. The molecule has 11 heteroatoms. The first kappa shape index (κ1) is 22.8. The van der Waals surface area contributed by atoms with E-state index in [2.05, 4.69) is 15.4 Å². The van der Waals surface area contributed by atoms with Crippen molar-refractivity contribution in [3.63, 3.8) is 0 Å². The van der Waals surface area contributed by atoms with Crippen molar-refractivity contribution < 1.29 is 17.2 Å². The van der Waals surface area contributed by atoms with Crippen molar-refractivity contribution in [1.82, 2.24) is 19.1 Å². The van der Waals surface area contributed by atoms with Crippen LogP contribution < -0.4 is 5.32 Å². The van der Waals surface area contributed by atoms with Crippen LogP contribution >= 0.6 is 0 Å². The minimum absolute atomic E-state index is 0.0946. The van der Waals surface area contributed by atoms with Gasteiger partial charge in [-0.15, -0.1) is 5.10 Å². The van der Waals surface area contributed by atoms with E-state index < -0.39 is 21.7 Å². The predicted molar refractivity (Wildman–Crippen MR) is 132 cm³/mol. The second kappa shape index (κ2) is 8.50. The summed E-state index contributed by atoms with van der Waals surface area (Å²) in [5, 5.41) is 18.3. The van der Waals surface area contributed by atoms with Gasteiger partial charge in [0.15, 0.2) is 5.82 Å². The van der Waals surface area contributed by atoms with Crippen molar-refractivity contribution in [2.45, 2.75) is 37.0 Å². The molecule has 0 spiro atoms. The highest BCUT2D eigenvalue weighted by atomic mass is 32.2. The van der Waals surface area contributed by atoms with Crippen molar-refractivity contribution in [3.05, 3.63) is 54.1 Å². The number of halogens is 2. The molecule has 1 saturated carbocycles. The van der Waals surface area contributed by atoms with Crippen molar-refractivity contribution in [1.29, 1.82) is 5.26 Å². The fourth-order valence-corrected chi connectivity index (χ4v) is 6.81. The van der Waals surface area contributed by atoms with E-state index in [0.29, 0.717) is 53.6 Å². The first-order valence-corrected chi connectivity index (χ1v) is 13.3. The van der Waals surface area contributed by atoms with Crippen LogP contribution in [0.5, 0.6) is 0 Å². The summed E-state index contributed by atoms with van der Waals surface area (Å²) >= 11 is 0. The lowest BCUT2D eigenvalue weighted by Crippen LogP contribution is -2.43. The van der Waals surface area contributed by atoms with Crippen LogP contribution in [-0.4, -0.2) is 51.9 Å². The van der Waals surface area contributed by atoms with E-state index in [-0.39, 0.29) is 22.5 Å². The molecule has 2 fully saturated rings. The monoisotopic (exact) mass is 508 g/mol. The number of nitriles is 1. The Morgan fingerprint density at radius 1 is 0.972 bits per heavy atom. The standard InChI is InChI=1S/C25H22F2N6O2S/c26-19-6-3-7-20(27)21(19)22-17-4-1-2-5-18(17)24-23(30-22)25(31-33(24)14-28)29-15-10-12-32(13-11-15)36(34,35)16-8-9-16/h1-7,15-16H,8-13H2,(H,29,31). The minimum Gasteiger partial charge on any atom is -0.364 e. The van der Waals surface area contributed by atoms with Crippen LogP contribution in [0.15, 0.2) is 42.5 Å². The molecule has 1 saturated heterocycles. The van der Waals surface area contributed by atoms with Gasteiger partial charge in [0.05, 0.1) is 16.5 Å². The summed E-state index contributed by atoms with van der Waals surface area (Å²) in [6.07, 6.45) is 4.62. The molecular formula is C25H22F2N6O2S. The van der Waals surface area contributed by atoms with Crippen LogP contribution in [0.1, 0.15) is 25.7 Å². The van der Waals surface area contributed by atoms with E-state index in [1.165, 1.54) is 18.2 Å². The molecule has 1 aliphatic carbocycles. The Kier molecular flexibility index (Phi) is 5.39. The fourth-order valence-electron chi connectivity index (χ4n) is 4.93. The highest BCUT2D eigenvalue weighted by Gasteiger charge is 2.41. The molecule has 184 valence electrons. The van der Waals surface area contributed by atoms with Gasteiger partial charge < -0.3 is 5.32 Å². The van der Waals surface area contributed by atoms with Gasteiger partial charge in [-0.2, -0.15) is 9.94 Å². The minimum atomic E-state index is -3.23. The van der Waals surface area contributed by atoms with Crippen LogP contribution in [0.4, 0.5) is 14.6 Å². The highest BCUT2D eigenvalue weighted by Crippen LogP contribution is 2.38. The van der Waals surface area contributed by atoms with E-state index in [9.17, 15) is 22.5 Å². The molecule has 6 rings (SSSR count). The lowest BCUT2D eigenvalue weighted by molar-refractivity contribution is 0.329. The average Bonchev–Trinajstić information content (AvgIpc) is 3.68. The zero-order valence-electron chi connectivity index (χ0n) is 19.2. The van der Waals surface area contributed by atoms with Gasteiger partial charge in [-0.25, -0.2) is 26.5 Å². The fraction of sp³-hybridized carbons (Fsp3) is 0.320. The van der Waals surface area contributed by atoms with Crippen molar-refractivity contribution in [2.24, 2.45) is 0 Å². The first-order valence-electron chi connectivity index (χ1n) is 11.8. The number of anilines is 1. The van der Waals surface area contributed by atoms with Gasteiger partial charge in [0.1, 0.15) is 22.7 Å². The average molecular weight is 509 g/mol. The Morgan fingerprint density at radius 3 is 2.28 bits per heavy atom. The number of nitrogens with one attached hydrogen (secondary N) is 1. The summed E-state index contributed by atoms with van der Waals surface area (Å²) in [4.78, 5) is 4.63. The SMILES string of the molecule is N#Cn1nc(NC2CCN(S(=O)(=O)C3CC3)CC2)c2nc(-c3c(F)cccc3F)c3ccccc3c21. The Hall–Kier alpha value is -3.62. The van der Waals surface area contributed by atoms with Gasteiger partial charge in [-0.1, -0.05) is 30.3 Å².